The molecule has 0 heterocycles. The van der Waals surface area contributed by atoms with Crippen molar-refractivity contribution in [3.8, 4) is 11.5 Å². The van der Waals surface area contributed by atoms with Crippen LogP contribution >= 0.6 is 15.9 Å². The first-order valence-corrected chi connectivity index (χ1v) is 6.68. The van der Waals surface area contributed by atoms with Crippen molar-refractivity contribution in [3.05, 3.63) is 59.4 Å². The first-order valence-electron chi connectivity index (χ1n) is 5.77. The van der Waals surface area contributed by atoms with Crippen LogP contribution in [0.1, 0.15) is 16.0 Å². The molecule has 0 N–H and O–H groups in total. The molecule has 1 atom stereocenters. The standard InChI is InChI=1S/C15H14BrFO2/c1-18-11-5-3-10(4-6-11)15(16)13-8-7-12(19-2)9-14(13)17/h3-9,15H,1-2H3. The maximum absolute atomic E-state index is 14.0. The van der Waals surface area contributed by atoms with Gasteiger partial charge in [-0.25, -0.2) is 4.39 Å². The second kappa shape index (κ2) is 6.06. The summed E-state index contributed by atoms with van der Waals surface area (Å²) in [6.45, 7) is 0. The Labute approximate surface area is 120 Å². The minimum atomic E-state index is -0.294. The summed E-state index contributed by atoms with van der Waals surface area (Å²) in [5.41, 5.74) is 1.54. The molecule has 1 unspecified atom stereocenters. The Morgan fingerprint density at radius 2 is 1.53 bits per heavy atom. The van der Waals surface area contributed by atoms with E-state index in [9.17, 15) is 4.39 Å². The molecule has 0 saturated heterocycles. The molecule has 0 fully saturated rings. The molecule has 2 aromatic rings. The second-order valence-electron chi connectivity index (χ2n) is 4.02. The fraction of sp³-hybridized carbons (Fsp3) is 0.200. The maximum atomic E-state index is 14.0. The predicted octanol–water partition coefficient (Wildman–Crippen LogP) is 4.33. The van der Waals surface area contributed by atoms with Crippen LogP contribution in [0, 0.1) is 5.82 Å². The van der Waals surface area contributed by atoms with Crippen molar-refractivity contribution >= 4 is 15.9 Å². The lowest BCUT2D eigenvalue weighted by Crippen LogP contribution is -1.97. The largest absolute Gasteiger partial charge is 0.497 e. The highest BCUT2D eigenvalue weighted by atomic mass is 79.9. The lowest BCUT2D eigenvalue weighted by molar-refractivity contribution is 0.411. The third-order valence-corrected chi connectivity index (χ3v) is 3.91. The smallest absolute Gasteiger partial charge is 0.131 e. The fourth-order valence-electron chi connectivity index (χ4n) is 1.79. The Morgan fingerprint density at radius 3 is 2.05 bits per heavy atom. The minimum absolute atomic E-state index is 0.204. The van der Waals surface area contributed by atoms with Gasteiger partial charge in [0.15, 0.2) is 0 Å². The van der Waals surface area contributed by atoms with E-state index in [-0.39, 0.29) is 10.6 Å². The van der Waals surface area contributed by atoms with Crippen LogP contribution in [0.3, 0.4) is 0 Å². The molecule has 0 aliphatic rings. The van der Waals surface area contributed by atoms with Crippen LogP contribution in [-0.2, 0) is 0 Å². The van der Waals surface area contributed by atoms with Crippen molar-refractivity contribution in [1.82, 2.24) is 0 Å². The normalized spacial score (nSPS) is 12.0. The lowest BCUT2D eigenvalue weighted by Gasteiger charge is -2.13. The minimum Gasteiger partial charge on any atom is -0.497 e. The number of hydrogen-bond acceptors (Lipinski definition) is 2. The summed E-state index contributed by atoms with van der Waals surface area (Å²) in [7, 11) is 3.13. The summed E-state index contributed by atoms with van der Waals surface area (Å²) in [4.78, 5) is -0.204. The van der Waals surface area contributed by atoms with E-state index in [0.717, 1.165) is 11.3 Å². The first-order chi connectivity index (χ1) is 9.15. The van der Waals surface area contributed by atoms with E-state index >= 15 is 0 Å². The Kier molecular flexibility index (Phi) is 4.43. The highest BCUT2D eigenvalue weighted by Crippen LogP contribution is 2.34. The average Bonchev–Trinajstić information content (AvgIpc) is 2.46. The van der Waals surface area contributed by atoms with Gasteiger partial charge in [0.05, 0.1) is 19.0 Å². The molecule has 0 saturated carbocycles. The number of benzene rings is 2. The Bertz CT molecular complexity index is 555. The molecule has 0 radical (unpaired) electrons. The van der Waals surface area contributed by atoms with Gasteiger partial charge in [-0.05, 0) is 23.8 Å². The summed E-state index contributed by atoms with van der Waals surface area (Å²) < 4.78 is 24.1. The Balaban J connectivity index is 2.29. The predicted molar refractivity (Wildman–Crippen MR) is 76.7 cm³/mol. The van der Waals surface area contributed by atoms with Crippen molar-refractivity contribution in [2.24, 2.45) is 0 Å². The molecular formula is C15H14BrFO2. The van der Waals surface area contributed by atoms with E-state index in [0.29, 0.717) is 11.3 Å². The number of halogens is 2. The summed E-state index contributed by atoms with van der Waals surface area (Å²) in [6, 6.07) is 12.4. The van der Waals surface area contributed by atoms with Gasteiger partial charge in [-0.1, -0.05) is 34.1 Å². The van der Waals surface area contributed by atoms with E-state index < -0.39 is 0 Å². The van der Waals surface area contributed by atoms with Gasteiger partial charge in [0.25, 0.3) is 0 Å². The van der Waals surface area contributed by atoms with E-state index in [1.54, 1.807) is 19.2 Å². The number of ether oxygens (including phenoxy) is 2. The molecule has 2 nitrogen and oxygen atoms in total. The van der Waals surface area contributed by atoms with E-state index in [1.807, 2.05) is 24.3 Å². The van der Waals surface area contributed by atoms with E-state index in [2.05, 4.69) is 15.9 Å². The van der Waals surface area contributed by atoms with Crippen LogP contribution in [0.4, 0.5) is 4.39 Å². The van der Waals surface area contributed by atoms with Crippen LogP contribution in [0.15, 0.2) is 42.5 Å². The van der Waals surface area contributed by atoms with Gasteiger partial charge >= 0.3 is 0 Å². The van der Waals surface area contributed by atoms with Crippen molar-refractivity contribution < 1.29 is 13.9 Å². The lowest BCUT2D eigenvalue weighted by atomic mass is 10.0. The molecule has 0 aliphatic heterocycles. The molecule has 100 valence electrons. The molecule has 0 amide bonds. The number of rotatable bonds is 4. The molecule has 4 heteroatoms. The fourth-order valence-corrected chi connectivity index (χ4v) is 2.47. The SMILES string of the molecule is COc1ccc(C(Br)c2ccc(OC)cc2F)cc1. The molecular weight excluding hydrogens is 311 g/mol. The van der Waals surface area contributed by atoms with Crippen LogP contribution in [0.25, 0.3) is 0 Å². The van der Waals surface area contributed by atoms with Crippen LogP contribution in [0.2, 0.25) is 0 Å². The molecule has 0 spiro atoms. The third kappa shape index (κ3) is 3.07. The zero-order valence-electron chi connectivity index (χ0n) is 10.7. The first kappa shape index (κ1) is 13.9. The zero-order valence-corrected chi connectivity index (χ0v) is 12.3. The van der Waals surface area contributed by atoms with Gasteiger partial charge in [0.2, 0.25) is 0 Å². The van der Waals surface area contributed by atoms with E-state index in [4.69, 9.17) is 9.47 Å². The molecule has 19 heavy (non-hydrogen) atoms. The van der Waals surface area contributed by atoms with Crippen LogP contribution in [-0.4, -0.2) is 14.2 Å². The molecule has 2 aromatic carbocycles. The highest BCUT2D eigenvalue weighted by Gasteiger charge is 2.15. The topological polar surface area (TPSA) is 18.5 Å². The molecule has 0 aliphatic carbocycles. The summed E-state index contributed by atoms with van der Waals surface area (Å²) >= 11 is 3.52. The van der Waals surface area contributed by atoms with Gasteiger partial charge in [-0.3, -0.25) is 0 Å². The monoisotopic (exact) mass is 324 g/mol. The van der Waals surface area contributed by atoms with Crippen molar-refractivity contribution in [2.45, 2.75) is 4.83 Å². The van der Waals surface area contributed by atoms with E-state index in [1.165, 1.54) is 13.2 Å². The van der Waals surface area contributed by atoms with Crippen molar-refractivity contribution in [1.29, 1.82) is 0 Å². The average molecular weight is 325 g/mol. The molecule has 0 aromatic heterocycles. The van der Waals surface area contributed by atoms with Crippen molar-refractivity contribution in [3.63, 3.8) is 0 Å². The number of methoxy groups -OCH3 is 2. The van der Waals surface area contributed by atoms with Gasteiger partial charge in [-0.15, -0.1) is 0 Å². The maximum Gasteiger partial charge on any atom is 0.131 e. The molecule has 0 bridgehead atoms. The van der Waals surface area contributed by atoms with Crippen LogP contribution in [0.5, 0.6) is 11.5 Å². The zero-order chi connectivity index (χ0) is 13.8. The van der Waals surface area contributed by atoms with Gasteiger partial charge < -0.3 is 9.47 Å². The Hall–Kier alpha value is -1.55. The van der Waals surface area contributed by atoms with Crippen molar-refractivity contribution in [2.75, 3.05) is 14.2 Å². The Morgan fingerprint density at radius 1 is 0.947 bits per heavy atom. The van der Waals surface area contributed by atoms with Crippen LogP contribution < -0.4 is 9.47 Å². The summed E-state index contributed by atoms with van der Waals surface area (Å²) in [5, 5.41) is 0. The van der Waals surface area contributed by atoms with Gasteiger partial charge in [-0.2, -0.15) is 0 Å². The quantitative estimate of drug-likeness (QED) is 0.779. The third-order valence-electron chi connectivity index (χ3n) is 2.89. The molecule has 2 rings (SSSR count). The van der Waals surface area contributed by atoms with Gasteiger partial charge in [0, 0.05) is 11.6 Å². The second-order valence-corrected chi connectivity index (χ2v) is 4.94. The number of alkyl halides is 1. The number of hydrogen-bond donors (Lipinski definition) is 0. The van der Waals surface area contributed by atoms with Gasteiger partial charge in [0.1, 0.15) is 17.3 Å². The highest BCUT2D eigenvalue weighted by molar-refractivity contribution is 9.09. The summed E-state index contributed by atoms with van der Waals surface area (Å²) in [5.74, 6) is 0.992. The summed E-state index contributed by atoms with van der Waals surface area (Å²) in [6.07, 6.45) is 0.